The van der Waals surface area contributed by atoms with E-state index in [-0.39, 0.29) is 11.9 Å². The third-order valence-electron chi connectivity index (χ3n) is 4.01. The summed E-state index contributed by atoms with van der Waals surface area (Å²) in [4.78, 5) is 14.5. The van der Waals surface area contributed by atoms with E-state index in [9.17, 15) is 4.79 Å². The molecule has 0 heterocycles. The molecule has 2 aromatic carbocycles. The number of hydrogen-bond acceptors (Lipinski definition) is 3. The molecule has 1 unspecified atom stereocenters. The number of ether oxygens (including phenoxy) is 1. The zero-order valence-corrected chi connectivity index (χ0v) is 16.1. The average Bonchev–Trinajstić information content (AvgIpc) is 2.57. The number of hydrogen-bond donors (Lipinski definition) is 1. The second-order valence-electron chi connectivity index (χ2n) is 5.91. The first-order chi connectivity index (χ1) is 11.4. The van der Waals surface area contributed by atoms with Crippen LogP contribution in [-0.4, -0.2) is 31.0 Å². The van der Waals surface area contributed by atoms with Gasteiger partial charge in [-0.1, -0.05) is 18.2 Å². The van der Waals surface area contributed by atoms with Crippen LogP contribution in [0.3, 0.4) is 0 Å². The van der Waals surface area contributed by atoms with Crippen molar-refractivity contribution in [2.45, 2.75) is 26.4 Å². The van der Waals surface area contributed by atoms with Crippen LogP contribution in [0.2, 0.25) is 0 Å². The Kier molecular flexibility index (Phi) is 6.40. The molecule has 1 amide bonds. The van der Waals surface area contributed by atoms with Crippen molar-refractivity contribution < 1.29 is 9.53 Å². The molecule has 0 bridgehead atoms. The van der Waals surface area contributed by atoms with Crippen LogP contribution in [-0.2, 0) is 11.3 Å². The summed E-state index contributed by atoms with van der Waals surface area (Å²) in [6, 6.07) is 13.5. The fraction of sp³-hybridized carbons (Fsp3) is 0.316. The van der Waals surface area contributed by atoms with E-state index < -0.39 is 0 Å². The Morgan fingerprint density at radius 2 is 1.92 bits per heavy atom. The van der Waals surface area contributed by atoms with Gasteiger partial charge in [0.15, 0.2) is 0 Å². The molecular weight excluding hydrogens is 368 g/mol. The van der Waals surface area contributed by atoms with Crippen molar-refractivity contribution in [1.29, 1.82) is 0 Å². The van der Waals surface area contributed by atoms with Gasteiger partial charge in [0.1, 0.15) is 5.75 Å². The Morgan fingerprint density at radius 1 is 1.25 bits per heavy atom. The number of carbonyl (C=O) groups is 1. The molecule has 0 aliphatic heterocycles. The van der Waals surface area contributed by atoms with Gasteiger partial charge in [-0.2, -0.15) is 0 Å². The van der Waals surface area contributed by atoms with Crippen molar-refractivity contribution in [3.8, 4) is 5.75 Å². The van der Waals surface area contributed by atoms with Crippen LogP contribution in [0.15, 0.2) is 46.9 Å². The third-order valence-corrected chi connectivity index (χ3v) is 4.67. The maximum atomic E-state index is 12.5. The zero-order chi connectivity index (χ0) is 17.7. The number of rotatable bonds is 6. The highest BCUT2D eigenvalue weighted by molar-refractivity contribution is 9.10. The molecule has 24 heavy (non-hydrogen) atoms. The van der Waals surface area contributed by atoms with E-state index in [0.717, 1.165) is 27.0 Å². The predicted octanol–water partition coefficient (Wildman–Crippen LogP) is 4.23. The van der Waals surface area contributed by atoms with Gasteiger partial charge in [-0.05, 0) is 72.2 Å². The second kappa shape index (κ2) is 8.31. The number of aryl methyl sites for hydroxylation is 1. The fourth-order valence-electron chi connectivity index (χ4n) is 2.31. The van der Waals surface area contributed by atoms with Crippen LogP contribution in [0, 0.1) is 6.92 Å². The summed E-state index contributed by atoms with van der Waals surface area (Å²) in [7, 11) is 3.59. The minimum absolute atomic E-state index is 0.0319. The van der Waals surface area contributed by atoms with Crippen molar-refractivity contribution in [3.05, 3.63) is 58.1 Å². The molecule has 128 valence electrons. The minimum Gasteiger partial charge on any atom is -0.497 e. The van der Waals surface area contributed by atoms with E-state index in [1.807, 2.05) is 68.3 Å². The summed E-state index contributed by atoms with van der Waals surface area (Å²) < 4.78 is 6.05. The number of nitrogens with one attached hydrogen (secondary N) is 1. The molecule has 0 saturated carbocycles. The summed E-state index contributed by atoms with van der Waals surface area (Å²) in [5, 5.41) is 2.97. The Bertz CT molecular complexity index is 701. The smallest absolute Gasteiger partial charge is 0.241 e. The quantitative estimate of drug-likeness (QED) is 0.802. The first kappa shape index (κ1) is 18.5. The Hall–Kier alpha value is -1.85. The van der Waals surface area contributed by atoms with E-state index in [4.69, 9.17) is 4.74 Å². The van der Waals surface area contributed by atoms with Crippen LogP contribution >= 0.6 is 15.9 Å². The van der Waals surface area contributed by atoms with Gasteiger partial charge in [-0.15, -0.1) is 0 Å². The van der Waals surface area contributed by atoms with E-state index in [2.05, 4.69) is 21.2 Å². The molecule has 0 fully saturated rings. The lowest BCUT2D eigenvalue weighted by Crippen LogP contribution is -2.39. The van der Waals surface area contributed by atoms with Crippen LogP contribution in [0.25, 0.3) is 0 Å². The molecule has 0 saturated heterocycles. The Balaban J connectivity index is 1.98. The number of methoxy groups -OCH3 is 1. The average molecular weight is 391 g/mol. The van der Waals surface area contributed by atoms with Crippen molar-refractivity contribution in [3.63, 3.8) is 0 Å². The predicted molar refractivity (Wildman–Crippen MR) is 101 cm³/mol. The van der Waals surface area contributed by atoms with Crippen molar-refractivity contribution in [2.75, 3.05) is 19.5 Å². The SMILES string of the molecule is COc1ccc(CN(C)C(C)C(=O)Nc2ccc(C)cc2Br)cc1. The van der Waals surface area contributed by atoms with Crippen LogP contribution in [0.5, 0.6) is 5.75 Å². The normalized spacial score (nSPS) is 12.1. The Labute approximate surface area is 151 Å². The summed E-state index contributed by atoms with van der Waals surface area (Å²) >= 11 is 3.49. The number of nitrogens with zero attached hydrogens (tertiary/aromatic N) is 1. The van der Waals surface area contributed by atoms with E-state index in [1.165, 1.54) is 0 Å². The van der Waals surface area contributed by atoms with Gasteiger partial charge in [-0.25, -0.2) is 0 Å². The molecule has 4 nitrogen and oxygen atoms in total. The number of benzene rings is 2. The first-order valence-electron chi connectivity index (χ1n) is 7.81. The van der Waals surface area contributed by atoms with E-state index >= 15 is 0 Å². The molecule has 0 aliphatic carbocycles. The highest BCUT2D eigenvalue weighted by atomic mass is 79.9. The molecule has 2 aromatic rings. The molecule has 1 N–H and O–H groups in total. The standard InChI is InChI=1S/C19H23BrN2O2/c1-13-5-10-18(17(20)11-13)21-19(23)14(2)22(3)12-15-6-8-16(24-4)9-7-15/h5-11,14H,12H2,1-4H3,(H,21,23). The number of likely N-dealkylation sites (N-methyl/N-ethyl adjacent to an activating group) is 1. The van der Waals surface area contributed by atoms with E-state index in [0.29, 0.717) is 6.54 Å². The molecule has 1 atom stereocenters. The maximum absolute atomic E-state index is 12.5. The van der Waals surface area contributed by atoms with Gasteiger partial charge >= 0.3 is 0 Å². The number of halogens is 1. The fourth-order valence-corrected chi connectivity index (χ4v) is 2.91. The van der Waals surface area contributed by atoms with Gasteiger partial charge in [0, 0.05) is 11.0 Å². The lowest BCUT2D eigenvalue weighted by atomic mass is 10.1. The maximum Gasteiger partial charge on any atom is 0.241 e. The molecule has 5 heteroatoms. The number of carbonyl (C=O) groups excluding carboxylic acids is 1. The topological polar surface area (TPSA) is 41.6 Å². The number of amides is 1. The van der Waals surface area contributed by atoms with Gasteiger partial charge in [0.2, 0.25) is 5.91 Å². The summed E-state index contributed by atoms with van der Waals surface area (Å²) in [6.45, 7) is 4.61. The minimum atomic E-state index is -0.250. The lowest BCUT2D eigenvalue weighted by Gasteiger charge is -2.24. The van der Waals surface area contributed by atoms with Crippen molar-refractivity contribution in [2.24, 2.45) is 0 Å². The summed E-state index contributed by atoms with van der Waals surface area (Å²) in [5.74, 6) is 0.798. The summed E-state index contributed by atoms with van der Waals surface area (Å²) in [5.41, 5.74) is 3.06. The van der Waals surface area contributed by atoms with Crippen LogP contribution < -0.4 is 10.1 Å². The molecule has 0 radical (unpaired) electrons. The summed E-state index contributed by atoms with van der Waals surface area (Å²) in [6.07, 6.45) is 0. The lowest BCUT2D eigenvalue weighted by molar-refractivity contribution is -0.120. The first-order valence-corrected chi connectivity index (χ1v) is 8.60. The van der Waals surface area contributed by atoms with Crippen molar-refractivity contribution >= 4 is 27.5 Å². The van der Waals surface area contributed by atoms with E-state index in [1.54, 1.807) is 7.11 Å². The Morgan fingerprint density at radius 3 is 2.50 bits per heavy atom. The van der Waals surface area contributed by atoms with Crippen LogP contribution in [0.1, 0.15) is 18.1 Å². The highest BCUT2D eigenvalue weighted by Gasteiger charge is 2.19. The molecule has 2 rings (SSSR count). The molecule has 0 aliphatic rings. The largest absolute Gasteiger partial charge is 0.497 e. The monoisotopic (exact) mass is 390 g/mol. The van der Waals surface area contributed by atoms with Gasteiger partial charge < -0.3 is 10.1 Å². The van der Waals surface area contributed by atoms with Gasteiger partial charge in [0.05, 0.1) is 18.8 Å². The number of anilines is 1. The molecule has 0 spiro atoms. The molecule has 0 aromatic heterocycles. The van der Waals surface area contributed by atoms with Crippen LogP contribution in [0.4, 0.5) is 5.69 Å². The molecular formula is C19H23BrN2O2. The third kappa shape index (κ3) is 4.82. The van der Waals surface area contributed by atoms with Crippen molar-refractivity contribution in [1.82, 2.24) is 4.90 Å². The second-order valence-corrected chi connectivity index (χ2v) is 6.77. The van der Waals surface area contributed by atoms with Gasteiger partial charge in [-0.3, -0.25) is 9.69 Å². The zero-order valence-electron chi connectivity index (χ0n) is 14.5. The van der Waals surface area contributed by atoms with Gasteiger partial charge in [0.25, 0.3) is 0 Å². The highest BCUT2D eigenvalue weighted by Crippen LogP contribution is 2.24.